The van der Waals surface area contributed by atoms with Crippen molar-refractivity contribution in [1.82, 2.24) is 0 Å². The van der Waals surface area contributed by atoms with Crippen LogP contribution in [-0.2, 0) is 0 Å². The fourth-order valence-corrected chi connectivity index (χ4v) is 18.8. The second-order valence-corrected chi connectivity index (χ2v) is 21.4. The Kier molecular flexibility index (Phi) is 10.5. The minimum atomic E-state index is -2.11. The molecule has 136 valence electrons. The molecule has 0 spiro atoms. The SMILES string of the molecule is CCC[CH2][Sn](/[CH]=C\[C@H]1CCC[C@](C)(O)C1)([CH2]CCC)[CH2]CCC. The molecule has 0 amide bonds. The van der Waals surface area contributed by atoms with Crippen LogP contribution in [0.2, 0.25) is 13.3 Å². The Hall–Kier alpha value is 0.499. The van der Waals surface area contributed by atoms with Gasteiger partial charge >= 0.3 is 150 Å². The zero-order chi connectivity index (χ0) is 17.2. The Morgan fingerprint density at radius 1 is 1.00 bits per heavy atom. The fraction of sp³-hybridized carbons (Fsp3) is 0.905. The van der Waals surface area contributed by atoms with Gasteiger partial charge in [0.2, 0.25) is 0 Å². The maximum atomic E-state index is 10.4. The van der Waals surface area contributed by atoms with Gasteiger partial charge in [-0.25, -0.2) is 0 Å². The van der Waals surface area contributed by atoms with Crippen molar-refractivity contribution in [3.05, 3.63) is 10.2 Å². The first-order valence-electron chi connectivity index (χ1n) is 10.4. The summed E-state index contributed by atoms with van der Waals surface area (Å²) in [5, 5.41) is 10.4. The third-order valence-electron chi connectivity index (χ3n) is 5.80. The number of rotatable bonds is 11. The molecule has 0 unspecified atom stereocenters. The molecule has 1 aliphatic carbocycles. The van der Waals surface area contributed by atoms with E-state index in [1.165, 1.54) is 51.4 Å². The molecular weight excluding hydrogens is 387 g/mol. The van der Waals surface area contributed by atoms with E-state index in [1.54, 1.807) is 13.3 Å². The summed E-state index contributed by atoms with van der Waals surface area (Å²) in [5.74, 6) is 0.639. The van der Waals surface area contributed by atoms with Crippen molar-refractivity contribution in [2.75, 3.05) is 0 Å². The van der Waals surface area contributed by atoms with Gasteiger partial charge in [-0.15, -0.1) is 0 Å². The van der Waals surface area contributed by atoms with E-state index in [-0.39, 0.29) is 0 Å². The molecule has 1 saturated carbocycles. The zero-order valence-corrected chi connectivity index (χ0v) is 19.2. The predicted molar refractivity (Wildman–Crippen MR) is 107 cm³/mol. The summed E-state index contributed by atoms with van der Waals surface area (Å²) in [7, 11) is 0. The molecular formula is C21H42OSn. The van der Waals surface area contributed by atoms with Crippen LogP contribution in [0.15, 0.2) is 10.2 Å². The first kappa shape index (κ1) is 21.5. The summed E-state index contributed by atoms with van der Waals surface area (Å²) in [5.41, 5.74) is -0.415. The third kappa shape index (κ3) is 8.42. The molecule has 2 heteroatoms. The first-order valence-corrected chi connectivity index (χ1v) is 18.1. The van der Waals surface area contributed by atoms with Gasteiger partial charge in [0.15, 0.2) is 0 Å². The molecule has 1 N–H and O–H groups in total. The van der Waals surface area contributed by atoms with Gasteiger partial charge in [0, 0.05) is 0 Å². The van der Waals surface area contributed by atoms with E-state index in [0.29, 0.717) is 5.92 Å². The van der Waals surface area contributed by atoms with Crippen LogP contribution in [0, 0.1) is 5.92 Å². The van der Waals surface area contributed by atoms with E-state index < -0.39 is 24.0 Å². The molecule has 1 aliphatic rings. The Morgan fingerprint density at radius 3 is 1.96 bits per heavy atom. The molecule has 23 heavy (non-hydrogen) atoms. The van der Waals surface area contributed by atoms with Gasteiger partial charge in [0.25, 0.3) is 0 Å². The molecule has 1 nitrogen and oxygen atoms in total. The normalized spacial score (nSPS) is 26.0. The van der Waals surface area contributed by atoms with Crippen molar-refractivity contribution in [1.29, 1.82) is 0 Å². The van der Waals surface area contributed by atoms with Crippen LogP contribution in [0.25, 0.3) is 0 Å². The van der Waals surface area contributed by atoms with Crippen LogP contribution in [0.3, 0.4) is 0 Å². The molecule has 0 aromatic carbocycles. The number of aliphatic hydroxyl groups is 1. The summed E-state index contributed by atoms with van der Waals surface area (Å²) in [6.07, 6.45) is 15.4. The number of hydrogen-bond donors (Lipinski definition) is 1. The van der Waals surface area contributed by atoms with Crippen molar-refractivity contribution in [2.24, 2.45) is 5.92 Å². The molecule has 0 aromatic rings. The predicted octanol–water partition coefficient (Wildman–Crippen LogP) is 6.87. The molecule has 0 aliphatic heterocycles. The van der Waals surface area contributed by atoms with E-state index in [9.17, 15) is 5.11 Å². The topological polar surface area (TPSA) is 20.2 Å². The van der Waals surface area contributed by atoms with Gasteiger partial charge in [0.05, 0.1) is 0 Å². The summed E-state index contributed by atoms with van der Waals surface area (Å²) in [6, 6.07) is 0. The van der Waals surface area contributed by atoms with Gasteiger partial charge in [-0.3, -0.25) is 0 Å². The van der Waals surface area contributed by atoms with Gasteiger partial charge in [-0.2, -0.15) is 0 Å². The minimum absolute atomic E-state index is 0.415. The van der Waals surface area contributed by atoms with E-state index in [4.69, 9.17) is 0 Å². The van der Waals surface area contributed by atoms with Crippen molar-refractivity contribution in [2.45, 2.75) is 111 Å². The van der Waals surface area contributed by atoms with E-state index in [1.807, 2.05) is 6.92 Å². The van der Waals surface area contributed by atoms with E-state index >= 15 is 0 Å². The molecule has 0 aromatic heterocycles. The van der Waals surface area contributed by atoms with Crippen molar-refractivity contribution < 1.29 is 5.11 Å². The standard InChI is InChI=1S/C9H15O.3C4H9.Sn/c1-3-8-5-4-6-9(2,10)7-8;3*1-3-4-2;/h1,3,8,10H,4-7H2,2H3;3*1,3-4H2,2H3;/t8-,9-;;;;/m0..../s1. The molecule has 1 fully saturated rings. The average Bonchev–Trinajstić information content (AvgIpc) is 2.53. The second-order valence-electron chi connectivity index (χ2n) is 8.39. The number of allylic oxidation sites excluding steroid dienone is 1. The number of hydrogen-bond acceptors (Lipinski definition) is 1. The molecule has 0 radical (unpaired) electrons. The molecule has 1 rings (SSSR count). The quantitative estimate of drug-likeness (QED) is 0.356. The van der Waals surface area contributed by atoms with Crippen LogP contribution >= 0.6 is 0 Å². The molecule has 0 bridgehead atoms. The van der Waals surface area contributed by atoms with Crippen LogP contribution in [0.1, 0.15) is 91.9 Å². The Morgan fingerprint density at radius 2 is 1.52 bits per heavy atom. The van der Waals surface area contributed by atoms with Crippen LogP contribution in [0.4, 0.5) is 0 Å². The van der Waals surface area contributed by atoms with Crippen molar-refractivity contribution in [3.63, 3.8) is 0 Å². The summed E-state index contributed by atoms with van der Waals surface area (Å²) < 4.78 is 7.49. The fourth-order valence-electron chi connectivity index (χ4n) is 4.23. The van der Waals surface area contributed by atoms with Gasteiger partial charge < -0.3 is 0 Å². The second kappa shape index (κ2) is 11.2. The molecule has 0 heterocycles. The van der Waals surface area contributed by atoms with Crippen LogP contribution in [-0.4, -0.2) is 29.1 Å². The van der Waals surface area contributed by atoms with Crippen LogP contribution < -0.4 is 0 Å². The van der Waals surface area contributed by atoms with E-state index in [2.05, 4.69) is 30.9 Å². The Labute approximate surface area is 150 Å². The Bertz CT molecular complexity index is 313. The van der Waals surface area contributed by atoms with Gasteiger partial charge in [-0.05, 0) is 0 Å². The Balaban J connectivity index is 2.80. The summed E-state index contributed by atoms with van der Waals surface area (Å²) in [4.78, 5) is 0. The summed E-state index contributed by atoms with van der Waals surface area (Å²) >= 11 is -2.11. The molecule has 2 atom stereocenters. The number of unbranched alkanes of at least 4 members (excludes halogenated alkanes) is 3. The van der Waals surface area contributed by atoms with Gasteiger partial charge in [0.1, 0.15) is 0 Å². The molecule has 0 saturated heterocycles. The maximum absolute atomic E-state index is 10.4. The first-order chi connectivity index (χ1) is 11.0. The van der Waals surface area contributed by atoms with Crippen molar-refractivity contribution in [3.8, 4) is 0 Å². The average molecular weight is 429 g/mol. The van der Waals surface area contributed by atoms with Crippen LogP contribution in [0.5, 0.6) is 0 Å². The van der Waals surface area contributed by atoms with Crippen molar-refractivity contribution >= 4 is 18.4 Å². The zero-order valence-electron chi connectivity index (χ0n) is 16.4. The van der Waals surface area contributed by atoms with Gasteiger partial charge in [-0.1, -0.05) is 0 Å². The monoisotopic (exact) mass is 430 g/mol. The third-order valence-corrected chi connectivity index (χ3v) is 19.9. The van der Waals surface area contributed by atoms with E-state index in [0.717, 1.165) is 12.8 Å². The summed E-state index contributed by atoms with van der Waals surface area (Å²) in [6.45, 7) is 9.07.